The Balaban J connectivity index is 1.51. The average molecular weight is 414 g/mol. The maximum Gasteiger partial charge on any atom is 0.0666 e. The normalized spacial score (nSPS) is 14.5. The van der Waals surface area contributed by atoms with E-state index in [4.69, 9.17) is 0 Å². The van der Waals surface area contributed by atoms with E-state index in [0.717, 1.165) is 0 Å². The summed E-state index contributed by atoms with van der Waals surface area (Å²) in [5.41, 5.74) is 11.3. The van der Waals surface area contributed by atoms with Crippen LogP contribution in [0.4, 0.5) is 0 Å². The van der Waals surface area contributed by atoms with E-state index < -0.39 is 0 Å². The second-order valence-corrected chi connectivity index (χ2v) is 9.36. The highest BCUT2D eigenvalue weighted by molar-refractivity contribution is 5.91. The summed E-state index contributed by atoms with van der Waals surface area (Å²) in [6, 6.07) is 31.0. The van der Waals surface area contributed by atoms with Crippen LogP contribution in [0.2, 0.25) is 0 Å². The van der Waals surface area contributed by atoms with Crippen molar-refractivity contribution in [2.24, 2.45) is 0 Å². The zero-order valence-electron chi connectivity index (χ0n) is 19.2. The maximum atomic E-state index is 9.30. The molecule has 0 atom stereocenters. The Kier molecular flexibility index (Phi) is 4.75. The predicted octanol–water partition coefficient (Wildman–Crippen LogP) is 8.46. The van der Waals surface area contributed by atoms with Crippen LogP contribution in [0.1, 0.15) is 43.9 Å². The first kappa shape index (κ1) is 20.3. The van der Waals surface area contributed by atoms with E-state index in [2.05, 4.69) is 113 Å². The van der Waals surface area contributed by atoms with Crippen molar-refractivity contribution in [3.63, 3.8) is 0 Å². The maximum absolute atomic E-state index is 9.30. The molecular formula is C31H27N. The minimum atomic E-state index is -0.104. The van der Waals surface area contributed by atoms with Gasteiger partial charge in [-0.3, -0.25) is 0 Å². The molecule has 5 rings (SSSR count). The van der Waals surface area contributed by atoms with Gasteiger partial charge in [0, 0.05) is 5.41 Å². The molecule has 0 radical (unpaired) electrons. The third-order valence-corrected chi connectivity index (χ3v) is 7.29. The molecule has 1 aliphatic rings. The van der Waals surface area contributed by atoms with Gasteiger partial charge in [-0.15, -0.1) is 0 Å². The van der Waals surface area contributed by atoms with Crippen molar-refractivity contribution in [3.8, 4) is 28.3 Å². The Morgan fingerprint density at radius 2 is 1.41 bits per heavy atom. The van der Waals surface area contributed by atoms with Crippen LogP contribution >= 0.6 is 0 Å². The molecule has 32 heavy (non-hydrogen) atoms. The van der Waals surface area contributed by atoms with Crippen molar-refractivity contribution in [1.82, 2.24) is 0 Å². The second-order valence-electron chi connectivity index (χ2n) is 9.36. The van der Waals surface area contributed by atoms with Gasteiger partial charge >= 0.3 is 0 Å². The molecule has 0 saturated carbocycles. The summed E-state index contributed by atoms with van der Waals surface area (Å²) in [5, 5.41) is 11.9. The molecule has 0 amide bonds. The Morgan fingerprint density at radius 3 is 2.16 bits per heavy atom. The van der Waals surface area contributed by atoms with E-state index in [1.54, 1.807) is 0 Å². The van der Waals surface area contributed by atoms with Gasteiger partial charge in [0.1, 0.15) is 0 Å². The quantitative estimate of drug-likeness (QED) is 0.330. The van der Waals surface area contributed by atoms with Gasteiger partial charge in [0.25, 0.3) is 0 Å². The fourth-order valence-electron chi connectivity index (χ4n) is 5.38. The summed E-state index contributed by atoms with van der Waals surface area (Å²) < 4.78 is 0. The summed E-state index contributed by atoms with van der Waals surface area (Å²) in [4.78, 5) is 0. The van der Waals surface area contributed by atoms with Gasteiger partial charge in [-0.25, -0.2) is 0 Å². The first-order valence-corrected chi connectivity index (χ1v) is 11.2. The molecular weight excluding hydrogens is 386 g/mol. The molecule has 0 unspecified atom stereocenters. The monoisotopic (exact) mass is 413 g/mol. The highest BCUT2D eigenvalue weighted by Gasteiger charge is 2.35. The summed E-state index contributed by atoms with van der Waals surface area (Å²) in [5.74, 6) is 0. The number of fused-ring (bicyclic) bond motifs is 2. The molecule has 0 aliphatic heterocycles. The van der Waals surface area contributed by atoms with Gasteiger partial charge in [-0.1, -0.05) is 86.6 Å². The van der Waals surface area contributed by atoms with E-state index in [0.29, 0.717) is 6.42 Å². The molecule has 156 valence electrons. The fourth-order valence-corrected chi connectivity index (χ4v) is 5.38. The Labute approximate surface area is 190 Å². The van der Waals surface area contributed by atoms with E-state index in [-0.39, 0.29) is 5.41 Å². The van der Waals surface area contributed by atoms with E-state index in [1.807, 2.05) is 0 Å². The number of rotatable bonds is 3. The topological polar surface area (TPSA) is 23.8 Å². The predicted molar refractivity (Wildman–Crippen MR) is 135 cm³/mol. The molecule has 0 aromatic heterocycles. The first-order valence-electron chi connectivity index (χ1n) is 11.2. The number of nitrogens with zero attached hydrogens (tertiary/aromatic N) is 1. The zero-order chi connectivity index (χ0) is 22.5. The summed E-state index contributed by atoms with van der Waals surface area (Å²) in [6.45, 7) is 8.84. The van der Waals surface area contributed by atoms with Gasteiger partial charge < -0.3 is 0 Å². The lowest BCUT2D eigenvalue weighted by molar-refractivity contribution is 0.627. The number of benzene rings is 4. The van der Waals surface area contributed by atoms with Gasteiger partial charge in [0.05, 0.1) is 12.5 Å². The Morgan fingerprint density at radius 1 is 0.750 bits per heavy atom. The lowest BCUT2D eigenvalue weighted by Gasteiger charge is -2.24. The standard InChI is InChI=1S/C31H27N/c1-20-26-8-6-5-7-23(26)13-15-27(20)24-11-9-22(10-12-24)25-14-16-28-21(2)29(17-18-32)31(3,4)30(28)19-25/h5-16,19H,17H2,1-4H3. The summed E-state index contributed by atoms with van der Waals surface area (Å²) in [6.07, 6.45) is 0.489. The minimum absolute atomic E-state index is 0.104. The lowest BCUT2D eigenvalue weighted by atomic mass is 9.79. The van der Waals surface area contributed by atoms with E-state index in [9.17, 15) is 5.26 Å². The molecule has 4 aromatic rings. The zero-order valence-corrected chi connectivity index (χ0v) is 19.2. The van der Waals surface area contributed by atoms with Gasteiger partial charge in [0.2, 0.25) is 0 Å². The highest BCUT2D eigenvalue weighted by atomic mass is 14.4. The molecule has 1 nitrogen and oxygen atoms in total. The summed E-state index contributed by atoms with van der Waals surface area (Å²) >= 11 is 0. The Bertz CT molecular complexity index is 1430. The van der Waals surface area contributed by atoms with Crippen LogP contribution in [-0.2, 0) is 5.41 Å². The van der Waals surface area contributed by atoms with Crippen LogP contribution in [0.25, 0.3) is 38.6 Å². The van der Waals surface area contributed by atoms with Crippen molar-refractivity contribution in [2.45, 2.75) is 39.5 Å². The number of nitriles is 1. The van der Waals surface area contributed by atoms with Crippen molar-refractivity contribution >= 4 is 16.3 Å². The molecule has 0 spiro atoms. The molecule has 0 N–H and O–H groups in total. The average Bonchev–Trinajstić information content (AvgIpc) is 3.00. The number of allylic oxidation sites excluding steroid dienone is 2. The van der Waals surface area contributed by atoms with Crippen molar-refractivity contribution in [2.75, 3.05) is 0 Å². The van der Waals surface area contributed by atoms with Gasteiger partial charge in [0.15, 0.2) is 0 Å². The smallest absolute Gasteiger partial charge is 0.0666 e. The third kappa shape index (κ3) is 3.07. The second kappa shape index (κ2) is 7.50. The van der Waals surface area contributed by atoms with Crippen LogP contribution in [0.5, 0.6) is 0 Å². The number of hydrogen-bond donors (Lipinski definition) is 0. The van der Waals surface area contributed by atoms with Gasteiger partial charge in [-0.05, 0) is 80.8 Å². The van der Waals surface area contributed by atoms with Gasteiger partial charge in [-0.2, -0.15) is 5.26 Å². The third-order valence-electron chi connectivity index (χ3n) is 7.29. The SMILES string of the molecule is CC1=C(CC#N)C(C)(C)c2cc(-c3ccc(-c4ccc5ccccc5c4C)cc3)ccc21. The van der Waals surface area contributed by atoms with Crippen LogP contribution in [0.3, 0.4) is 0 Å². The van der Waals surface area contributed by atoms with Crippen molar-refractivity contribution < 1.29 is 0 Å². The van der Waals surface area contributed by atoms with E-state index in [1.165, 1.54) is 60.9 Å². The lowest BCUT2D eigenvalue weighted by Crippen LogP contribution is -2.17. The van der Waals surface area contributed by atoms with Crippen LogP contribution in [0, 0.1) is 18.3 Å². The first-order chi connectivity index (χ1) is 15.4. The molecule has 0 fully saturated rings. The highest BCUT2D eigenvalue weighted by Crippen LogP contribution is 2.48. The molecule has 1 heteroatoms. The fraction of sp³-hybridized carbons (Fsp3) is 0.194. The minimum Gasteiger partial charge on any atom is -0.198 e. The van der Waals surface area contributed by atoms with Crippen molar-refractivity contribution in [1.29, 1.82) is 5.26 Å². The molecule has 4 aromatic carbocycles. The van der Waals surface area contributed by atoms with E-state index >= 15 is 0 Å². The molecule has 0 saturated heterocycles. The van der Waals surface area contributed by atoms with Crippen molar-refractivity contribution in [3.05, 3.63) is 101 Å². The molecule has 1 aliphatic carbocycles. The summed E-state index contributed by atoms with van der Waals surface area (Å²) in [7, 11) is 0. The number of aryl methyl sites for hydroxylation is 1. The Hall–Kier alpha value is -3.63. The van der Waals surface area contributed by atoms with Crippen LogP contribution in [0.15, 0.2) is 84.4 Å². The number of hydrogen-bond acceptors (Lipinski definition) is 1. The van der Waals surface area contributed by atoms with Crippen LogP contribution in [-0.4, -0.2) is 0 Å². The molecule has 0 bridgehead atoms. The largest absolute Gasteiger partial charge is 0.198 e. The molecule has 0 heterocycles. The van der Waals surface area contributed by atoms with Crippen LogP contribution < -0.4 is 0 Å².